The maximum Gasteiger partial charge on any atom is 0.120 e. The van der Waals surface area contributed by atoms with Crippen LogP contribution in [0, 0.1) is 0 Å². The molecule has 0 bridgehead atoms. The molecule has 0 saturated heterocycles. The van der Waals surface area contributed by atoms with Crippen LogP contribution in [0.1, 0.15) is 38.0 Å². The van der Waals surface area contributed by atoms with E-state index in [1.165, 1.54) is 0 Å². The quantitative estimate of drug-likeness (QED) is 0.740. The van der Waals surface area contributed by atoms with Crippen LogP contribution in [0.5, 0.6) is 0 Å². The Balaban J connectivity index is 1.93. The Hall–Kier alpha value is -1.02. The Morgan fingerprint density at radius 1 is 1.50 bits per heavy atom. The van der Waals surface area contributed by atoms with E-state index in [0.717, 1.165) is 25.0 Å². The maximum absolute atomic E-state index is 5.41. The van der Waals surface area contributed by atoms with Crippen LogP contribution >= 0.6 is 0 Å². The Morgan fingerprint density at radius 2 is 2.29 bits per heavy atom. The molecule has 76 valence electrons. The fourth-order valence-electron chi connectivity index (χ4n) is 1.93. The monoisotopic (exact) mass is 191 g/mol. The van der Waals surface area contributed by atoms with Gasteiger partial charge in [0.25, 0.3) is 0 Å². The normalized spacial score (nSPS) is 18.9. The average molecular weight is 191 g/mol. The van der Waals surface area contributed by atoms with Crippen LogP contribution in [0.25, 0.3) is 0 Å². The minimum Gasteiger partial charge on any atom is -0.468 e. The fraction of sp³-hybridized carbons (Fsp3) is 0.500. The van der Waals surface area contributed by atoms with E-state index in [4.69, 9.17) is 4.42 Å². The van der Waals surface area contributed by atoms with E-state index in [9.17, 15) is 0 Å². The highest BCUT2D eigenvalue weighted by molar-refractivity contribution is 5.06. The summed E-state index contributed by atoms with van der Waals surface area (Å²) in [6.45, 7) is 2.18. The summed E-state index contributed by atoms with van der Waals surface area (Å²) in [5, 5.41) is 3.61. The molecule has 1 aliphatic carbocycles. The van der Waals surface area contributed by atoms with Gasteiger partial charge in [0.15, 0.2) is 0 Å². The zero-order chi connectivity index (χ0) is 9.80. The average Bonchev–Trinajstić information content (AvgIpc) is 2.86. The second-order valence-electron chi connectivity index (χ2n) is 3.78. The van der Waals surface area contributed by atoms with E-state index >= 15 is 0 Å². The molecule has 2 nitrogen and oxygen atoms in total. The largest absolute Gasteiger partial charge is 0.468 e. The highest BCUT2D eigenvalue weighted by Gasteiger charge is 2.17. The van der Waals surface area contributed by atoms with Crippen molar-refractivity contribution in [3.8, 4) is 0 Å². The smallest absolute Gasteiger partial charge is 0.120 e. The van der Waals surface area contributed by atoms with E-state index < -0.39 is 0 Å². The summed E-state index contributed by atoms with van der Waals surface area (Å²) in [6, 6.07) is 4.97. The first-order valence-electron chi connectivity index (χ1n) is 5.34. The first-order chi connectivity index (χ1) is 6.90. The summed E-state index contributed by atoms with van der Waals surface area (Å²) < 4.78 is 5.41. The van der Waals surface area contributed by atoms with E-state index in [2.05, 4.69) is 24.4 Å². The minimum absolute atomic E-state index is 0.370. The van der Waals surface area contributed by atoms with E-state index in [1.54, 1.807) is 6.26 Å². The van der Waals surface area contributed by atoms with Crippen LogP contribution < -0.4 is 5.32 Å². The predicted octanol–water partition coefficient (Wildman–Crippen LogP) is 3.04. The lowest BCUT2D eigenvalue weighted by Crippen LogP contribution is -2.30. The molecule has 0 saturated carbocycles. The zero-order valence-corrected chi connectivity index (χ0v) is 8.57. The van der Waals surface area contributed by atoms with Crippen LogP contribution in [0.15, 0.2) is 35.0 Å². The van der Waals surface area contributed by atoms with Crippen LogP contribution in [0.4, 0.5) is 0 Å². The van der Waals surface area contributed by atoms with Gasteiger partial charge in [0.05, 0.1) is 12.3 Å². The molecular weight excluding hydrogens is 174 g/mol. The lowest BCUT2D eigenvalue weighted by atomic mass is 10.1. The topological polar surface area (TPSA) is 25.2 Å². The molecule has 0 aliphatic heterocycles. The first kappa shape index (κ1) is 9.53. The number of furan rings is 1. The van der Waals surface area contributed by atoms with Crippen molar-refractivity contribution in [2.45, 2.75) is 38.3 Å². The van der Waals surface area contributed by atoms with Crippen molar-refractivity contribution in [3.63, 3.8) is 0 Å². The summed E-state index contributed by atoms with van der Waals surface area (Å²) in [5.41, 5.74) is 0. The number of nitrogens with one attached hydrogen (secondary N) is 1. The fourth-order valence-corrected chi connectivity index (χ4v) is 1.93. The second-order valence-corrected chi connectivity index (χ2v) is 3.78. The van der Waals surface area contributed by atoms with Gasteiger partial charge in [0, 0.05) is 6.04 Å². The Kier molecular flexibility index (Phi) is 3.04. The molecule has 1 aromatic rings. The van der Waals surface area contributed by atoms with Crippen LogP contribution in [0.2, 0.25) is 0 Å². The van der Waals surface area contributed by atoms with E-state index in [0.29, 0.717) is 12.1 Å². The molecular formula is C12H17NO. The maximum atomic E-state index is 5.41. The van der Waals surface area contributed by atoms with Crippen LogP contribution in [0.3, 0.4) is 0 Å². The summed E-state index contributed by atoms with van der Waals surface area (Å²) in [6.07, 6.45) is 9.60. The van der Waals surface area contributed by atoms with Gasteiger partial charge in [-0.15, -0.1) is 0 Å². The van der Waals surface area contributed by atoms with Crippen molar-refractivity contribution in [2.75, 3.05) is 0 Å². The number of hydrogen-bond acceptors (Lipinski definition) is 2. The second kappa shape index (κ2) is 4.47. The van der Waals surface area contributed by atoms with Gasteiger partial charge in [-0.05, 0) is 31.4 Å². The van der Waals surface area contributed by atoms with Crippen LogP contribution in [-0.4, -0.2) is 6.04 Å². The predicted molar refractivity (Wildman–Crippen MR) is 57.0 cm³/mol. The molecule has 1 N–H and O–H groups in total. The summed E-state index contributed by atoms with van der Waals surface area (Å²) in [4.78, 5) is 0. The van der Waals surface area contributed by atoms with Gasteiger partial charge in [0.1, 0.15) is 5.76 Å². The highest BCUT2D eigenvalue weighted by atomic mass is 16.3. The summed E-state index contributed by atoms with van der Waals surface area (Å²) in [7, 11) is 0. The molecule has 0 aromatic carbocycles. The standard InChI is InChI=1S/C12H17NO/c1-2-11(12-8-5-9-14-12)13-10-6-3-4-7-10/h3-5,8-11,13H,2,6-7H2,1H3. The van der Waals surface area contributed by atoms with Crippen molar-refractivity contribution < 1.29 is 4.42 Å². The third kappa shape index (κ3) is 2.07. The van der Waals surface area contributed by atoms with Gasteiger partial charge in [0.2, 0.25) is 0 Å². The highest BCUT2D eigenvalue weighted by Crippen LogP contribution is 2.20. The lowest BCUT2D eigenvalue weighted by molar-refractivity contribution is 0.369. The molecule has 2 rings (SSSR count). The van der Waals surface area contributed by atoms with Gasteiger partial charge in [-0.25, -0.2) is 0 Å². The van der Waals surface area contributed by atoms with Crippen molar-refractivity contribution in [1.82, 2.24) is 5.32 Å². The summed E-state index contributed by atoms with van der Waals surface area (Å²) in [5.74, 6) is 1.06. The van der Waals surface area contributed by atoms with Gasteiger partial charge in [-0.1, -0.05) is 19.1 Å². The van der Waals surface area contributed by atoms with Crippen molar-refractivity contribution >= 4 is 0 Å². The van der Waals surface area contributed by atoms with Crippen molar-refractivity contribution in [2.24, 2.45) is 0 Å². The molecule has 14 heavy (non-hydrogen) atoms. The molecule has 0 amide bonds. The van der Waals surface area contributed by atoms with Gasteiger partial charge in [-0.3, -0.25) is 0 Å². The van der Waals surface area contributed by atoms with E-state index in [-0.39, 0.29) is 0 Å². The molecule has 1 aliphatic rings. The number of rotatable bonds is 4. The third-order valence-electron chi connectivity index (χ3n) is 2.74. The van der Waals surface area contributed by atoms with Gasteiger partial charge < -0.3 is 9.73 Å². The first-order valence-corrected chi connectivity index (χ1v) is 5.34. The molecule has 1 atom stereocenters. The molecule has 1 heterocycles. The van der Waals surface area contributed by atoms with Gasteiger partial charge in [-0.2, -0.15) is 0 Å². The summed E-state index contributed by atoms with van der Waals surface area (Å²) >= 11 is 0. The number of hydrogen-bond donors (Lipinski definition) is 1. The van der Waals surface area contributed by atoms with E-state index in [1.807, 2.05) is 12.1 Å². The van der Waals surface area contributed by atoms with Crippen molar-refractivity contribution in [3.05, 3.63) is 36.3 Å². The zero-order valence-electron chi connectivity index (χ0n) is 8.57. The minimum atomic E-state index is 0.370. The Labute approximate surface area is 85.0 Å². The van der Waals surface area contributed by atoms with Crippen molar-refractivity contribution in [1.29, 1.82) is 0 Å². The SMILES string of the molecule is CCC(NC1CC=CC1)c1ccco1. The molecule has 1 unspecified atom stereocenters. The van der Waals surface area contributed by atoms with Crippen LogP contribution in [-0.2, 0) is 0 Å². The molecule has 2 heteroatoms. The molecule has 0 radical (unpaired) electrons. The molecule has 0 fully saturated rings. The lowest BCUT2D eigenvalue weighted by Gasteiger charge is -2.19. The Bertz CT molecular complexity index is 281. The van der Waals surface area contributed by atoms with Gasteiger partial charge >= 0.3 is 0 Å². The Morgan fingerprint density at radius 3 is 2.86 bits per heavy atom. The third-order valence-corrected chi connectivity index (χ3v) is 2.74. The molecule has 0 spiro atoms. The molecule has 1 aromatic heterocycles.